The minimum atomic E-state index is -0.103. The molecule has 1 nitrogen and oxygen atoms in total. The van der Waals surface area contributed by atoms with Crippen molar-refractivity contribution in [2.75, 3.05) is 0 Å². The van der Waals surface area contributed by atoms with Gasteiger partial charge in [-0.2, -0.15) is 0 Å². The van der Waals surface area contributed by atoms with Crippen molar-refractivity contribution < 1.29 is 4.79 Å². The van der Waals surface area contributed by atoms with Gasteiger partial charge in [0, 0.05) is 15.5 Å². The number of rotatable bonds is 2. The van der Waals surface area contributed by atoms with E-state index in [4.69, 9.17) is 0 Å². The number of fused-ring (bicyclic) bond motifs is 1. The highest BCUT2D eigenvalue weighted by Gasteiger charge is 2.39. The second-order valence-corrected chi connectivity index (χ2v) is 5.53. The van der Waals surface area contributed by atoms with Crippen LogP contribution in [-0.2, 0) is 6.42 Å². The molecule has 0 radical (unpaired) electrons. The molecule has 0 spiro atoms. The Labute approximate surface area is 105 Å². The van der Waals surface area contributed by atoms with Crippen LogP contribution in [0, 0.1) is 5.41 Å². The first-order valence-electron chi connectivity index (χ1n) is 5.96. The quantitative estimate of drug-likeness (QED) is 0.786. The highest BCUT2D eigenvalue weighted by atomic mass is 79.9. The standard InChI is InChI=1S/C14H17BrO/c1-3-14(4-2)8-7-10-5-6-11(15)9-12(10)13(14)16/h5-6,9H,3-4,7-8H2,1-2H3. The van der Waals surface area contributed by atoms with Crippen molar-refractivity contribution in [3.05, 3.63) is 33.8 Å². The zero-order valence-electron chi connectivity index (χ0n) is 9.85. The topological polar surface area (TPSA) is 17.1 Å². The normalized spacial score (nSPS) is 18.3. The van der Waals surface area contributed by atoms with Crippen LogP contribution < -0.4 is 0 Å². The first-order valence-corrected chi connectivity index (χ1v) is 6.75. The Morgan fingerprint density at radius 2 is 2.00 bits per heavy atom. The fraction of sp³-hybridized carbons (Fsp3) is 0.500. The van der Waals surface area contributed by atoms with E-state index in [1.54, 1.807) is 0 Å². The van der Waals surface area contributed by atoms with Crippen molar-refractivity contribution >= 4 is 21.7 Å². The lowest BCUT2D eigenvalue weighted by Crippen LogP contribution is -2.35. The third-order valence-corrected chi connectivity index (χ3v) is 4.52. The number of aryl methyl sites for hydroxylation is 1. The maximum absolute atomic E-state index is 12.5. The summed E-state index contributed by atoms with van der Waals surface area (Å²) < 4.78 is 1.00. The molecule has 0 saturated carbocycles. The first-order chi connectivity index (χ1) is 7.63. The van der Waals surface area contributed by atoms with E-state index in [-0.39, 0.29) is 5.41 Å². The third kappa shape index (κ3) is 1.73. The number of hydrogen-bond donors (Lipinski definition) is 0. The number of ketones is 1. The van der Waals surface area contributed by atoms with Gasteiger partial charge in [-0.1, -0.05) is 35.8 Å². The van der Waals surface area contributed by atoms with E-state index >= 15 is 0 Å². The summed E-state index contributed by atoms with van der Waals surface area (Å²) in [5.41, 5.74) is 2.04. The van der Waals surface area contributed by atoms with Gasteiger partial charge in [0.05, 0.1) is 0 Å². The Morgan fingerprint density at radius 3 is 2.62 bits per heavy atom. The second-order valence-electron chi connectivity index (χ2n) is 4.62. The van der Waals surface area contributed by atoms with Crippen molar-refractivity contribution in [3.8, 4) is 0 Å². The predicted molar refractivity (Wildman–Crippen MR) is 69.8 cm³/mol. The molecule has 0 bridgehead atoms. The number of carbonyl (C=O) groups excluding carboxylic acids is 1. The van der Waals surface area contributed by atoms with Crippen LogP contribution in [0.2, 0.25) is 0 Å². The van der Waals surface area contributed by atoms with Gasteiger partial charge < -0.3 is 0 Å². The Balaban J connectivity index is 2.49. The summed E-state index contributed by atoms with van der Waals surface area (Å²) in [4.78, 5) is 12.5. The molecule has 1 aliphatic carbocycles. The molecule has 0 N–H and O–H groups in total. The summed E-state index contributed by atoms with van der Waals surface area (Å²) in [6.07, 6.45) is 3.95. The second kappa shape index (κ2) is 4.33. The lowest BCUT2D eigenvalue weighted by molar-refractivity contribution is 0.0738. The molecule has 1 aliphatic rings. The Morgan fingerprint density at radius 1 is 1.31 bits per heavy atom. The van der Waals surface area contributed by atoms with Gasteiger partial charge in [0.2, 0.25) is 0 Å². The van der Waals surface area contributed by atoms with Gasteiger partial charge in [0.25, 0.3) is 0 Å². The van der Waals surface area contributed by atoms with Crippen LogP contribution in [0.4, 0.5) is 0 Å². The molecule has 1 aromatic rings. The van der Waals surface area contributed by atoms with E-state index in [9.17, 15) is 4.79 Å². The molecule has 0 fully saturated rings. The Hall–Kier alpha value is -0.630. The molecule has 0 aromatic heterocycles. The molecule has 2 heteroatoms. The van der Waals surface area contributed by atoms with E-state index in [0.29, 0.717) is 5.78 Å². The summed E-state index contributed by atoms with van der Waals surface area (Å²) >= 11 is 3.45. The maximum atomic E-state index is 12.5. The zero-order chi connectivity index (χ0) is 11.8. The monoisotopic (exact) mass is 280 g/mol. The van der Waals surface area contributed by atoms with Crippen LogP contribution in [-0.4, -0.2) is 5.78 Å². The van der Waals surface area contributed by atoms with E-state index in [1.807, 2.05) is 12.1 Å². The Bertz CT molecular complexity index is 419. The van der Waals surface area contributed by atoms with E-state index in [0.717, 1.165) is 35.7 Å². The number of halogens is 1. The minimum Gasteiger partial charge on any atom is -0.294 e. The van der Waals surface area contributed by atoms with Crippen LogP contribution in [0.5, 0.6) is 0 Å². The molecule has 0 atom stereocenters. The number of Topliss-reactive ketones (excluding diaryl/α,β-unsaturated/α-hetero) is 1. The molecule has 16 heavy (non-hydrogen) atoms. The third-order valence-electron chi connectivity index (χ3n) is 4.02. The van der Waals surface area contributed by atoms with E-state index in [1.165, 1.54) is 5.56 Å². The summed E-state index contributed by atoms with van der Waals surface area (Å²) in [6, 6.07) is 6.08. The van der Waals surface area contributed by atoms with Gasteiger partial charge in [-0.15, -0.1) is 0 Å². The molecule has 1 aromatic carbocycles. The van der Waals surface area contributed by atoms with Crippen LogP contribution in [0.15, 0.2) is 22.7 Å². The van der Waals surface area contributed by atoms with Gasteiger partial charge in [0.1, 0.15) is 0 Å². The van der Waals surface area contributed by atoms with Crippen LogP contribution >= 0.6 is 15.9 Å². The first kappa shape index (κ1) is 11.8. The molecule has 0 saturated heterocycles. The lowest BCUT2D eigenvalue weighted by Gasteiger charge is -2.35. The predicted octanol–water partition coefficient (Wildman–Crippen LogP) is 4.38. The molecule has 86 valence electrons. The molecule has 0 aliphatic heterocycles. The zero-order valence-corrected chi connectivity index (χ0v) is 11.4. The van der Waals surface area contributed by atoms with Crippen LogP contribution in [0.1, 0.15) is 49.0 Å². The SMILES string of the molecule is CCC1(CC)CCc2ccc(Br)cc2C1=O. The number of hydrogen-bond acceptors (Lipinski definition) is 1. The Kier molecular flexibility index (Phi) is 3.20. The summed E-state index contributed by atoms with van der Waals surface area (Å²) in [5, 5.41) is 0. The fourth-order valence-corrected chi connectivity index (χ4v) is 3.04. The van der Waals surface area contributed by atoms with Gasteiger partial charge in [-0.25, -0.2) is 0 Å². The van der Waals surface area contributed by atoms with Crippen molar-refractivity contribution in [3.63, 3.8) is 0 Å². The number of carbonyl (C=O) groups is 1. The van der Waals surface area contributed by atoms with Gasteiger partial charge in [0.15, 0.2) is 5.78 Å². The summed E-state index contributed by atoms with van der Waals surface area (Å²) in [6.45, 7) is 4.26. The highest BCUT2D eigenvalue weighted by molar-refractivity contribution is 9.10. The van der Waals surface area contributed by atoms with Crippen LogP contribution in [0.25, 0.3) is 0 Å². The van der Waals surface area contributed by atoms with Crippen LogP contribution in [0.3, 0.4) is 0 Å². The average Bonchev–Trinajstić information content (AvgIpc) is 2.31. The summed E-state index contributed by atoms with van der Waals surface area (Å²) in [5.74, 6) is 0.347. The molecule has 0 amide bonds. The molecular weight excluding hydrogens is 264 g/mol. The minimum absolute atomic E-state index is 0.103. The van der Waals surface area contributed by atoms with E-state index in [2.05, 4.69) is 35.8 Å². The lowest BCUT2D eigenvalue weighted by atomic mass is 9.67. The molecular formula is C14H17BrO. The van der Waals surface area contributed by atoms with Gasteiger partial charge in [-0.05, 0) is 43.4 Å². The maximum Gasteiger partial charge on any atom is 0.169 e. The van der Waals surface area contributed by atoms with Gasteiger partial charge in [-0.3, -0.25) is 4.79 Å². The highest BCUT2D eigenvalue weighted by Crippen LogP contribution is 2.41. The molecule has 2 rings (SSSR count). The largest absolute Gasteiger partial charge is 0.294 e. The van der Waals surface area contributed by atoms with Crippen molar-refractivity contribution in [1.82, 2.24) is 0 Å². The fourth-order valence-electron chi connectivity index (χ4n) is 2.68. The van der Waals surface area contributed by atoms with Crippen molar-refractivity contribution in [2.45, 2.75) is 39.5 Å². The molecule has 0 unspecified atom stereocenters. The smallest absolute Gasteiger partial charge is 0.169 e. The van der Waals surface area contributed by atoms with E-state index < -0.39 is 0 Å². The van der Waals surface area contributed by atoms with Crippen molar-refractivity contribution in [1.29, 1.82) is 0 Å². The molecule has 0 heterocycles. The average molecular weight is 281 g/mol. The van der Waals surface area contributed by atoms with Gasteiger partial charge >= 0.3 is 0 Å². The summed E-state index contributed by atoms with van der Waals surface area (Å²) in [7, 11) is 0. The van der Waals surface area contributed by atoms with Crippen molar-refractivity contribution in [2.24, 2.45) is 5.41 Å². The number of benzene rings is 1.